The van der Waals surface area contributed by atoms with Crippen molar-refractivity contribution < 1.29 is 0 Å². The summed E-state index contributed by atoms with van der Waals surface area (Å²) in [5, 5.41) is 9.72. The standard InChI is InChI=1S/C20H21N7S/c1-13-21-10-18(28-13)25-19-20-22-9-17(15-8-23-26(2)11-15)27(20)12-16(24-19)14-6-4-3-5-7-14/h6,8-12H,3-5,7H2,1-2H3,(H,24,25). The SMILES string of the molecule is Cc1ncc(Nc2nc(C3=CCCCC3)cn3c(-c4cnn(C)c4)cnc23)s1. The lowest BCUT2D eigenvalue weighted by Gasteiger charge is -2.15. The van der Waals surface area contributed by atoms with Crippen molar-refractivity contribution in [2.24, 2.45) is 7.05 Å². The van der Waals surface area contributed by atoms with Crippen LogP contribution in [0.25, 0.3) is 22.5 Å². The van der Waals surface area contributed by atoms with E-state index in [0.29, 0.717) is 0 Å². The second-order valence-corrected chi connectivity index (χ2v) is 8.29. The van der Waals surface area contributed by atoms with Crippen LogP contribution in [0.3, 0.4) is 0 Å². The molecule has 0 aromatic carbocycles. The van der Waals surface area contributed by atoms with Crippen LogP contribution in [0.1, 0.15) is 36.4 Å². The maximum Gasteiger partial charge on any atom is 0.181 e. The highest BCUT2D eigenvalue weighted by Crippen LogP contribution is 2.31. The molecule has 7 nitrogen and oxygen atoms in total. The minimum Gasteiger partial charge on any atom is -0.327 e. The molecule has 0 unspecified atom stereocenters. The molecular weight excluding hydrogens is 370 g/mol. The van der Waals surface area contributed by atoms with Crippen molar-refractivity contribution in [3.05, 3.63) is 47.8 Å². The average molecular weight is 392 g/mol. The molecule has 0 atom stereocenters. The number of allylic oxidation sites excluding steroid dienone is 2. The Morgan fingerprint density at radius 2 is 2.04 bits per heavy atom. The van der Waals surface area contributed by atoms with Crippen LogP contribution in [0.5, 0.6) is 0 Å². The fraction of sp³-hybridized carbons (Fsp3) is 0.300. The Bertz CT molecular complexity index is 1180. The Morgan fingerprint density at radius 3 is 2.75 bits per heavy atom. The molecule has 5 rings (SSSR count). The Balaban J connectivity index is 1.68. The lowest BCUT2D eigenvalue weighted by Crippen LogP contribution is -2.03. The molecule has 0 saturated heterocycles. The van der Waals surface area contributed by atoms with Crippen LogP contribution in [-0.4, -0.2) is 29.1 Å². The van der Waals surface area contributed by atoms with Gasteiger partial charge in [-0.25, -0.2) is 15.0 Å². The van der Waals surface area contributed by atoms with E-state index in [1.165, 1.54) is 18.4 Å². The molecule has 0 radical (unpaired) electrons. The molecule has 0 aliphatic heterocycles. The highest BCUT2D eigenvalue weighted by molar-refractivity contribution is 7.15. The summed E-state index contributed by atoms with van der Waals surface area (Å²) in [5.41, 5.74) is 5.14. The van der Waals surface area contributed by atoms with Crippen LogP contribution in [0.15, 0.2) is 37.1 Å². The van der Waals surface area contributed by atoms with E-state index >= 15 is 0 Å². The Labute approximate surface area is 166 Å². The van der Waals surface area contributed by atoms with Crippen LogP contribution in [0.2, 0.25) is 0 Å². The molecule has 0 amide bonds. The summed E-state index contributed by atoms with van der Waals surface area (Å²) in [7, 11) is 1.92. The van der Waals surface area contributed by atoms with Gasteiger partial charge in [-0.1, -0.05) is 6.08 Å². The molecule has 1 N–H and O–H groups in total. The second-order valence-electron chi connectivity index (χ2n) is 7.06. The summed E-state index contributed by atoms with van der Waals surface area (Å²) >= 11 is 1.61. The van der Waals surface area contributed by atoms with Crippen molar-refractivity contribution in [3.63, 3.8) is 0 Å². The molecule has 0 bridgehead atoms. The number of nitrogens with zero attached hydrogens (tertiary/aromatic N) is 6. The van der Waals surface area contributed by atoms with Gasteiger partial charge in [0.05, 0.1) is 35.0 Å². The first-order valence-corrected chi connectivity index (χ1v) is 10.2. The smallest absolute Gasteiger partial charge is 0.181 e. The van der Waals surface area contributed by atoms with Gasteiger partial charge in [0, 0.05) is 25.0 Å². The van der Waals surface area contributed by atoms with E-state index < -0.39 is 0 Å². The molecule has 0 fully saturated rings. The number of aromatic nitrogens is 6. The van der Waals surface area contributed by atoms with Gasteiger partial charge in [-0.2, -0.15) is 5.10 Å². The first kappa shape index (κ1) is 17.1. The lowest BCUT2D eigenvalue weighted by atomic mass is 9.97. The summed E-state index contributed by atoms with van der Waals surface area (Å²) in [5.74, 6) is 0.753. The average Bonchev–Trinajstić information content (AvgIpc) is 3.42. The Kier molecular flexibility index (Phi) is 4.20. The number of rotatable bonds is 4. The van der Waals surface area contributed by atoms with Gasteiger partial charge >= 0.3 is 0 Å². The third-order valence-electron chi connectivity index (χ3n) is 4.98. The number of hydrogen-bond acceptors (Lipinski definition) is 6. The highest BCUT2D eigenvalue weighted by atomic mass is 32.1. The van der Waals surface area contributed by atoms with Gasteiger partial charge in [0.2, 0.25) is 0 Å². The predicted molar refractivity (Wildman–Crippen MR) is 112 cm³/mol. The van der Waals surface area contributed by atoms with Crippen molar-refractivity contribution in [2.45, 2.75) is 32.6 Å². The zero-order chi connectivity index (χ0) is 19.1. The summed E-state index contributed by atoms with van der Waals surface area (Å²) < 4.78 is 3.92. The van der Waals surface area contributed by atoms with Crippen LogP contribution in [0.4, 0.5) is 10.8 Å². The molecule has 0 spiro atoms. The van der Waals surface area contributed by atoms with Crippen LogP contribution >= 0.6 is 11.3 Å². The summed E-state index contributed by atoms with van der Waals surface area (Å²) in [6.07, 6.45) is 16.7. The van der Waals surface area contributed by atoms with E-state index in [1.54, 1.807) is 16.0 Å². The van der Waals surface area contributed by atoms with Gasteiger partial charge in [0.15, 0.2) is 11.5 Å². The van der Waals surface area contributed by atoms with E-state index in [-0.39, 0.29) is 0 Å². The van der Waals surface area contributed by atoms with Crippen molar-refractivity contribution >= 4 is 33.4 Å². The van der Waals surface area contributed by atoms with Crippen molar-refractivity contribution in [2.75, 3.05) is 5.32 Å². The van der Waals surface area contributed by atoms with Crippen molar-refractivity contribution in [1.29, 1.82) is 0 Å². The van der Waals surface area contributed by atoms with E-state index in [1.807, 2.05) is 38.8 Å². The topological polar surface area (TPSA) is 72.9 Å². The monoisotopic (exact) mass is 391 g/mol. The number of aryl methyl sites for hydroxylation is 2. The lowest BCUT2D eigenvalue weighted by molar-refractivity contribution is 0.739. The van der Waals surface area contributed by atoms with E-state index in [9.17, 15) is 0 Å². The largest absolute Gasteiger partial charge is 0.327 e. The fourth-order valence-corrected chi connectivity index (χ4v) is 4.28. The molecule has 8 heteroatoms. The maximum absolute atomic E-state index is 4.94. The quantitative estimate of drug-likeness (QED) is 0.550. The van der Waals surface area contributed by atoms with Gasteiger partial charge in [-0.05, 0) is 38.2 Å². The summed E-state index contributed by atoms with van der Waals surface area (Å²) in [4.78, 5) is 13.9. The highest BCUT2D eigenvalue weighted by Gasteiger charge is 2.17. The maximum atomic E-state index is 4.94. The number of anilines is 2. The first-order chi connectivity index (χ1) is 13.7. The van der Waals surface area contributed by atoms with Crippen LogP contribution in [0, 0.1) is 6.92 Å². The predicted octanol–water partition coefficient (Wildman–Crippen LogP) is 4.60. The molecule has 0 saturated carbocycles. The van der Waals surface area contributed by atoms with Crippen molar-refractivity contribution in [1.82, 2.24) is 29.1 Å². The van der Waals surface area contributed by atoms with Gasteiger partial charge in [-0.3, -0.25) is 9.08 Å². The summed E-state index contributed by atoms with van der Waals surface area (Å²) in [6, 6.07) is 0. The molecule has 1 aliphatic carbocycles. The summed E-state index contributed by atoms with van der Waals surface area (Å²) in [6.45, 7) is 2.00. The minimum atomic E-state index is 0.753. The zero-order valence-corrected chi connectivity index (χ0v) is 16.7. The number of thiazole rings is 1. The minimum absolute atomic E-state index is 0.753. The molecule has 4 aromatic heterocycles. The van der Waals surface area contributed by atoms with Crippen molar-refractivity contribution in [3.8, 4) is 11.3 Å². The molecule has 1 aliphatic rings. The Morgan fingerprint density at radius 1 is 1.11 bits per heavy atom. The molecule has 4 heterocycles. The van der Waals surface area contributed by atoms with E-state index in [2.05, 4.69) is 37.1 Å². The van der Waals surface area contributed by atoms with Gasteiger partial charge < -0.3 is 5.32 Å². The number of nitrogens with one attached hydrogen (secondary N) is 1. The van der Waals surface area contributed by atoms with Gasteiger partial charge in [0.25, 0.3) is 0 Å². The van der Waals surface area contributed by atoms with Gasteiger partial charge in [-0.15, -0.1) is 11.3 Å². The normalized spacial score (nSPS) is 14.4. The molecule has 4 aromatic rings. The fourth-order valence-electron chi connectivity index (χ4n) is 3.60. The number of hydrogen-bond donors (Lipinski definition) is 1. The van der Waals surface area contributed by atoms with E-state index in [0.717, 1.165) is 51.3 Å². The molecule has 28 heavy (non-hydrogen) atoms. The third kappa shape index (κ3) is 3.09. The third-order valence-corrected chi connectivity index (χ3v) is 5.80. The van der Waals surface area contributed by atoms with E-state index in [4.69, 9.17) is 4.98 Å². The van der Waals surface area contributed by atoms with Gasteiger partial charge in [0.1, 0.15) is 5.00 Å². The molecular formula is C20H21N7S. The van der Waals surface area contributed by atoms with Crippen LogP contribution in [-0.2, 0) is 7.05 Å². The number of imidazole rings is 1. The molecule has 142 valence electrons. The second kappa shape index (κ2) is 6.87. The number of fused-ring (bicyclic) bond motifs is 1. The first-order valence-electron chi connectivity index (χ1n) is 9.43. The van der Waals surface area contributed by atoms with Crippen LogP contribution < -0.4 is 5.32 Å². The zero-order valence-electron chi connectivity index (χ0n) is 15.9. The Hall–Kier alpha value is -3.00.